The van der Waals surface area contributed by atoms with E-state index in [4.69, 9.17) is 15.4 Å². The molecule has 0 saturated heterocycles. The number of hydrogen-bond acceptors (Lipinski definition) is 2. The van der Waals surface area contributed by atoms with Crippen molar-refractivity contribution in [1.82, 2.24) is 4.98 Å². The highest BCUT2D eigenvalue weighted by molar-refractivity contribution is 6.09. The molecule has 0 unspecified atom stereocenters. The number of benzene rings is 2. The molecular formula is C25H21N2O+. The van der Waals surface area contributed by atoms with Gasteiger partial charge in [-0.1, -0.05) is 42.3 Å². The number of fused-ring (bicyclic) bond motifs is 3. The first-order valence-electron chi connectivity index (χ1n) is 12.8. The first kappa shape index (κ1) is 10.2. The van der Waals surface area contributed by atoms with Gasteiger partial charge in [0.05, 0.1) is 18.1 Å². The Morgan fingerprint density at radius 2 is 1.82 bits per heavy atom. The third kappa shape index (κ3) is 2.59. The molecular weight excluding hydrogens is 344 g/mol. The molecule has 0 fully saturated rings. The number of aryl methyl sites for hydroxylation is 3. The summed E-state index contributed by atoms with van der Waals surface area (Å²) < 4.78 is 71.3. The van der Waals surface area contributed by atoms with E-state index in [0.717, 1.165) is 22.2 Å². The number of rotatable bonds is 2. The van der Waals surface area contributed by atoms with Crippen molar-refractivity contribution in [2.75, 3.05) is 0 Å². The lowest BCUT2D eigenvalue weighted by Crippen LogP contribution is -2.31. The highest BCUT2D eigenvalue weighted by atomic mass is 16.3. The van der Waals surface area contributed by atoms with Gasteiger partial charge < -0.3 is 4.42 Å². The van der Waals surface area contributed by atoms with Crippen molar-refractivity contribution < 1.29 is 20.0 Å². The van der Waals surface area contributed by atoms with E-state index in [2.05, 4.69) is 4.98 Å². The van der Waals surface area contributed by atoms with E-state index < -0.39 is 25.0 Å². The van der Waals surface area contributed by atoms with Crippen LogP contribution in [0.15, 0.2) is 77.2 Å². The summed E-state index contributed by atoms with van der Waals surface area (Å²) in [7, 11) is 1.78. The zero-order chi connectivity index (χ0) is 26.1. The van der Waals surface area contributed by atoms with Gasteiger partial charge in [-0.2, -0.15) is 0 Å². The summed E-state index contributed by atoms with van der Waals surface area (Å²) in [6.45, 7) is -0.286. The molecule has 0 spiro atoms. The van der Waals surface area contributed by atoms with E-state index >= 15 is 0 Å². The second kappa shape index (κ2) is 6.31. The normalized spacial score (nSPS) is 15.9. The van der Waals surface area contributed by atoms with Crippen LogP contribution < -0.4 is 4.57 Å². The largest absolute Gasteiger partial charge is 0.437 e. The van der Waals surface area contributed by atoms with Crippen LogP contribution in [0.25, 0.3) is 44.6 Å². The molecule has 5 rings (SSSR count). The van der Waals surface area contributed by atoms with Crippen LogP contribution in [-0.2, 0) is 7.05 Å². The number of hydrogen-bond donors (Lipinski definition) is 0. The fraction of sp³-hybridized carbons (Fsp3) is 0.120. The zero-order valence-electron chi connectivity index (χ0n) is 23.3. The maximum absolute atomic E-state index is 8.26. The molecule has 0 N–H and O–H groups in total. The standard InChI is InChI=1S/C25H21N2O/c1-16-9-14-22(27(3)15-16)23-17(2)10-11-19-20-12-13-21(18-7-5-4-6-8-18)26-25(20)28-24(19)23/h4-15H,1-3H3/q+1/i1D3,4D,5D,6D,7D,8D. The molecule has 3 heteroatoms. The lowest BCUT2D eigenvalue weighted by atomic mass is 10.0. The molecule has 0 aliphatic carbocycles. The maximum atomic E-state index is 8.26. The summed E-state index contributed by atoms with van der Waals surface area (Å²) in [5.74, 6) is 0. The topological polar surface area (TPSA) is 29.9 Å². The van der Waals surface area contributed by atoms with Gasteiger partial charge in [0.15, 0.2) is 11.8 Å². The van der Waals surface area contributed by atoms with E-state index in [-0.39, 0.29) is 34.6 Å². The van der Waals surface area contributed by atoms with Crippen molar-refractivity contribution in [3.63, 3.8) is 0 Å². The van der Waals surface area contributed by atoms with Crippen molar-refractivity contribution >= 4 is 22.1 Å². The van der Waals surface area contributed by atoms with Gasteiger partial charge in [-0.15, -0.1) is 0 Å². The number of aromatic nitrogens is 2. The molecule has 3 aromatic heterocycles. The van der Waals surface area contributed by atoms with Crippen LogP contribution in [-0.4, -0.2) is 4.98 Å². The lowest BCUT2D eigenvalue weighted by molar-refractivity contribution is -0.660. The van der Waals surface area contributed by atoms with Crippen LogP contribution in [0.4, 0.5) is 0 Å². The Bertz CT molecular complexity index is 1680. The minimum Gasteiger partial charge on any atom is -0.437 e. The van der Waals surface area contributed by atoms with Crippen molar-refractivity contribution in [3.05, 3.63) is 83.9 Å². The molecule has 3 heterocycles. The van der Waals surface area contributed by atoms with E-state index in [1.165, 1.54) is 0 Å². The number of nitrogens with zero attached hydrogens (tertiary/aromatic N) is 2. The van der Waals surface area contributed by atoms with Gasteiger partial charge in [0, 0.05) is 32.1 Å². The van der Waals surface area contributed by atoms with E-state index in [0.29, 0.717) is 11.0 Å². The predicted octanol–water partition coefficient (Wildman–Crippen LogP) is 5.76. The molecule has 5 aromatic rings. The Labute approximate surface area is 175 Å². The summed E-state index contributed by atoms with van der Waals surface area (Å²) in [5, 5.41) is 1.51. The molecule has 0 saturated carbocycles. The van der Waals surface area contributed by atoms with Crippen LogP contribution in [0, 0.1) is 13.8 Å². The predicted molar refractivity (Wildman–Crippen MR) is 113 cm³/mol. The highest BCUT2D eigenvalue weighted by Gasteiger charge is 2.21. The third-order valence-corrected chi connectivity index (χ3v) is 4.86. The Kier molecular flexibility index (Phi) is 2.29. The van der Waals surface area contributed by atoms with Crippen LogP contribution in [0.1, 0.15) is 22.1 Å². The molecule has 0 aliphatic rings. The Hall–Kier alpha value is -3.46. The summed E-state index contributed by atoms with van der Waals surface area (Å²) in [5.41, 5.74) is 3.75. The zero-order valence-corrected chi connectivity index (χ0v) is 15.3. The monoisotopic (exact) mass is 373 g/mol. The average Bonchev–Trinajstić information content (AvgIpc) is 3.19. The molecule has 0 bridgehead atoms. The molecule has 0 amide bonds. The SMILES string of the molecule is [2H]c1c([2H])c([2H])c(-c2ccc3c(n2)oc2c(-c4ccc(C([2H])([2H])[2H])c[n+]4C)c(C)ccc23)c([2H])c1[2H]. The van der Waals surface area contributed by atoms with E-state index in [1.54, 1.807) is 42.1 Å². The first-order valence-corrected chi connectivity index (χ1v) is 8.81. The van der Waals surface area contributed by atoms with E-state index in [9.17, 15) is 0 Å². The summed E-state index contributed by atoms with van der Waals surface area (Å²) in [6.07, 6.45) is 1.58. The van der Waals surface area contributed by atoms with E-state index in [1.807, 2.05) is 19.1 Å². The molecule has 0 atom stereocenters. The van der Waals surface area contributed by atoms with Crippen LogP contribution in [0.2, 0.25) is 0 Å². The quantitative estimate of drug-likeness (QED) is 0.368. The van der Waals surface area contributed by atoms with Gasteiger partial charge in [-0.25, -0.2) is 9.55 Å². The Balaban J connectivity index is 1.75. The van der Waals surface area contributed by atoms with Crippen molar-refractivity contribution in [3.8, 4) is 22.5 Å². The van der Waals surface area contributed by atoms with Crippen molar-refractivity contribution in [1.29, 1.82) is 0 Å². The lowest BCUT2D eigenvalue weighted by Gasteiger charge is -2.05. The van der Waals surface area contributed by atoms with Gasteiger partial charge in [0.1, 0.15) is 7.05 Å². The third-order valence-electron chi connectivity index (χ3n) is 4.86. The highest BCUT2D eigenvalue weighted by Crippen LogP contribution is 2.37. The van der Waals surface area contributed by atoms with Crippen LogP contribution in [0.5, 0.6) is 0 Å². The second-order valence-corrected chi connectivity index (χ2v) is 6.70. The van der Waals surface area contributed by atoms with Gasteiger partial charge in [-0.3, -0.25) is 0 Å². The molecule has 136 valence electrons. The van der Waals surface area contributed by atoms with Crippen LogP contribution >= 0.6 is 0 Å². The van der Waals surface area contributed by atoms with Gasteiger partial charge >= 0.3 is 0 Å². The summed E-state index contributed by atoms with van der Waals surface area (Å²) >= 11 is 0. The minimum absolute atomic E-state index is 0.00594. The first-order chi connectivity index (χ1) is 16.9. The molecule has 3 nitrogen and oxygen atoms in total. The van der Waals surface area contributed by atoms with Crippen molar-refractivity contribution in [2.24, 2.45) is 7.05 Å². The van der Waals surface area contributed by atoms with Gasteiger partial charge in [0.2, 0.25) is 11.4 Å². The van der Waals surface area contributed by atoms with Crippen molar-refractivity contribution in [2.45, 2.75) is 13.8 Å². The molecule has 0 aliphatic heterocycles. The van der Waals surface area contributed by atoms with Crippen LogP contribution in [0.3, 0.4) is 0 Å². The molecule has 0 radical (unpaired) electrons. The second-order valence-electron chi connectivity index (χ2n) is 6.70. The smallest absolute Gasteiger partial charge is 0.227 e. The molecule has 2 aromatic carbocycles. The average molecular weight is 374 g/mol. The minimum atomic E-state index is -2.22. The number of furan rings is 1. The Morgan fingerprint density at radius 3 is 2.61 bits per heavy atom. The summed E-state index contributed by atoms with van der Waals surface area (Å²) in [6, 6.07) is 8.61. The maximum Gasteiger partial charge on any atom is 0.227 e. The molecule has 28 heavy (non-hydrogen) atoms. The number of pyridine rings is 2. The Morgan fingerprint density at radius 1 is 1.00 bits per heavy atom. The fourth-order valence-electron chi connectivity index (χ4n) is 3.52. The van der Waals surface area contributed by atoms with Gasteiger partial charge in [0.25, 0.3) is 0 Å². The summed E-state index contributed by atoms with van der Waals surface area (Å²) in [4.78, 5) is 4.53. The van der Waals surface area contributed by atoms with Gasteiger partial charge in [-0.05, 0) is 37.5 Å². The fourth-order valence-corrected chi connectivity index (χ4v) is 3.52.